The molecular weight excluding hydrogens is 330 g/mol. The van der Waals surface area contributed by atoms with Crippen molar-refractivity contribution < 1.29 is 17.6 Å². The van der Waals surface area contributed by atoms with Crippen molar-refractivity contribution in [2.24, 2.45) is 5.41 Å². The zero-order valence-corrected chi connectivity index (χ0v) is 13.7. The van der Waals surface area contributed by atoms with Crippen molar-refractivity contribution >= 4 is 0 Å². The third-order valence-corrected chi connectivity index (χ3v) is 5.60. The lowest BCUT2D eigenvalue weighted by molar-refractivity contribution is -0.138. The van der Waals surface area contributed by atoms with Crippen LogP contribution >= 0.6 is 0 Å². The van der Waals surface area contributed by atoms with Gasteiger partial charge in [-0.15, -0.1) is 0 Å². The zero-order valence-electron chi connectivity index (χ0n) is 13.7. The van der Waals surface area contributed by atoms with E-state index in [4.69, 9.17) is 0 Å². The Labute approximate surface area is 144 Å². The van der Waals surface area contributed by atoms with E-state index in [1.807, 2.05) is 18.2 Å². The molecule has 2 unspecified atom stereocenters. The van der Waals surface area contributed by atoms with Gasteiger partial charge in [-0.25, -0.2) is 4.39 Å². The highest BCUT2D eigenvalue weighted by molar-refractivity contribution is 5.40. The molecule has 2 aromatic carbocycles. The Balaban J connectivity index is 1.51. The predicted molar refractivity (Wildman–Crippen MR) is 87.5 cm³/mol. The van der Waals surface area contributed by atoms with E-state index in [-0.39, 0.29) is 16.9 Å². The minimum absolute atomic E-state index is 0.0768. The van der Waals surface area contributed by atoms with Gasteiger partial charge in [0.05, 0.1) is 5.56 Å². The molecule has 132 valence electrons. The van der Waals surface area contributed by atoms with Gasteiger partial charge in [-0.2, -0.15) is 13.2 Å². The van der Waals surface area contributed by atoms with Crippen LogP contribution in [0.2, 0.25) is 0 Å². The molecule has 0 bridgehead atoms. The molecule has 1 saturated carbocycles. The number of hydrogen-bond donors (Lipinski definition) is 0. The highest BCUT2D eigenvalue weighted by atomic mass is 19.4. The summed E-state index contributed by atoms with van der Waals surface area (Å²) in [4.78, 5) is 2.31. The van der Waals surface area contributed by atoms with Gasteiger partial charge in [0.15, 0.2) is 0 Å². The molecule has 0 radical (unpaired) electrons. The first-order chi connectivity index (χ1) is 11.9. The van der Waals surface area contributed by atoms with E-state index >= 15 is 0 Å². The summed E-state index contributed by atoms with van der Waals surface area (Å²) in [6, 6.07) is 13.2. The fraction of sp³-hybridized carbons (Fsp3) is 0.400. The van der Waals surface area contributed by atoms with Crippen molar-refractivity contribution in [3.05, 3.63) is 71.0 Å². The quantitative estimate of drug-likeness (QED) is 0.687. The first-order valence-electron chi connectivity index (χ1n) is 8.50. The molecule has 2 atom stereocenters. The fourth-order valence-corrected chi connectivity index (χ4v) is 4.28. The van der Waals surface area contributed by atoms with E-state index in [2.05, 4.69) is 17.0 Å². The van der Waals surface area contributed by atoms with Crippen LogP contribution in [0.5, 0.6) is 0 Å². The first kappa shape index (κ1) is 16.6. The molecule has 4 rings (SSSR count). The fourth-order valence-electron chi connectivity index (χ4n) is 4.28. The number of nitrogens with zero attached hydrogens (tertiary/aromatic N) is 1. The van der Waals surface area contributed by atoms with Crippen molar-refractivity contribution in [2.45, 2.75) is 31.5 Å². The van der Waals surface area contributed by atoms with Crippen molar-refractivity contribution in [1.29, 1.82) is 0 Å². The molecule has 1 aliphatic carbocycles. The largest absolute Gasteiger partial charge is 0.416 e. The third kappa shape index (κ3) is 3.17. The maximum Gasteiger partial charge on any atom is 0.416 e. The van der Waals surface area contributed by atoms with Crippen molar-refractivity contribution in [2.75, 3.05) is 13.1 Å². The Bertz CT molecular complexity index is 771. The molecule has 2 aliphatic rings. The van der Waals surface area contributed by atoms with Gasteiger partial charge < -0.3 is 0 Å². The molecule has 1 heterocycles. The summed E-state index contributed by atoms with van der Waals surface area (Å²) in [7, 11) is 0. The molecule has 0 N–H and O–H groups in total. The van der Waals surface area contributed by atoms with Crippen LogP contribution in [-0.4, -0.2) is 18.0 Å². The average molecular weight is 349 g/mol. The molecule has 1 saturated heterocycles. The van der Waals surface area contributed by atoms with Gasteiger partial charge in [0.2, 0.25) is 0 Å². The van der Waals surface area contributed by atoms with Crippen LogP contribution in [0.15, 0.2) is 48.5 Å². The lowest BCUT2D eigenvalue weighted by Gasteiger charge is -2.18. The summed E-state index contributed by atoms with van der Waals surface area (Å²) in [5.74, 6) is -0.951. The highest BCUT2D eigenvalue weighted by Gasteiger charge is 2.59. The molecule has 2 aromatic rings. The number of benzene rings is 2. The van der Waals surface area contributed by atoms with E-state index < -0.39 is 17.6 Å². The third-order valence-electron chi connectivity index (χ3n) is 5.60. The number of halogens is 4. The Morgan fingerprint density at radius 1 is 1.08 bits per heavy atom. The number of rotatable bonds is 3. The van der Waals surface area contributed by atoms with E-state index in [0.29, 0.717) is 6.07 Å². The number of likely N-dealkylation sites (tertiary alicyclic amines) is 1. The summed E-state index contributed by atoms with van der Waals surface area (Å²) in [6.45, 7) is 2.53. The molecule has 2 fully saturated rings. The summed E-state index contributed by atoms with van der Waals surface area (Å²) in [6.07, 6.45) is -2.85. The summed E-state index contributed by atoms with van der Waals surface area (Å²) in [5.41, 5.74) is 0.591. The van der Waals surface area contributed by atoms with Crippen LogP contribution < -0.4 is 0 Å². The second kappa shape index (κ2) is 5.84. The molecule has 0 aromatic heterocycles. The van der Waals surface area contributed by atoms with Gasteiger partial charge in [-0.1, -0.05) is 36.4 Å². The lowest BCUT2D eigenvalue weighted by Crippen LogP contribution is -2.21. The molecule has 1 nitrogen and oxygen atoms in total. The minimum Gasteiger partial charge on any atom is -0.298 e. The summed E-state index contributed by atoms with van der Waals surface area (Å²) < 4.78 is 53.2. The van der Waals surface area contributed by atoms with Gasteiger partial charge in [0.25, 0.3) is 0 Å². The van der Waals surface area contributed by atoms with Crippen molar-refractivity contribution in [1.82, 2.24) is 4.90 Å². The van der Waals surface area contributed by atoms with E-state index in [1.54, 1.807) is 0 Å². The summed E-state index contributed by atoms with van der Waals surface area (Å²) >= 11 is 0. The van der Waals surface area contributed by atoms with Crippen LogP contribution in [0.4, 0.5) is 17.6 Å². The van der Waals surface area contributed by atoms with E-state index in [1.165, 1.54) is 11.6 Å². The van der Waals surface area contributed by atoms with Gasteiger partial charge in [-0.05, 0) is 54.0 Å². The monoisotopic (exact) mass is 349 g/mol. The normalized spacial score (nSPS) is 26.3. The number of alkyl halides is 3. The second-order valence-corrected chi connectivity index (χ2v) is 7.29. The van der Waals surface area contributed by atoms with Crippen molar-refractivity contribution in [3.63, 3.8) is 0 Å². The topological polar surface area (TPSA) is 3.24 Å². The molecule has 25 heavy (non-hydrogen) atoms. The smallest absolute Gasteiger partial charge is 0.298 e. The molecule has 1 aliphatic heterocycles. The second-order valence-electron chi connectivity index (χ2n) is 7.29. The minimum atomic E-state index is -4.51. The molecular formula is C20H19F4N. The standard InChI is InChI=1S/C20H19F4N/c21-15-6-7-16(17(10-15)20(22,23)24)18-11-19(18)8-9-25(13-19)12-14-4-2-1-3-5-14/h1-7,10,18H,8-9,11-13H2. The van der Waals surface area contributed by atoms with Crippen LogP contribution in [0.3, 0.4) is 0 Å². The maximum atomic E-state index is 13.3. The van der Waals surface area contributed by atoms with Gasteiger partial charge >= 0.3 is 6.18 Å². The Morgan fingerprint density at radius 2 is 1.84 bits per heavy atom. The predicted octanol–water partition coefficient (Wildman–Crippen LogP) is 5.22. The zero-order chi connectivity index (χ0) is 17.7. The van der Waals surface area contributed by atoms with Crippen LogP contribution in [0.1, 0.15) is 35.4 Å². The van der Waals surface area contributed by atoms with Gasteiger partial charge in [-0.3, -0.25) is 4.90 Å². The van der Waals surface area contributed by atoms with Crippen molar-refractivity contribution in [3.8, 4) is 0 Å². The molecule has 0 amide bonds. The average Bonchev–Trinajstić information content (AvgIpc) is 3.11. The summed E-state index contributed by atoms with van der Waals surface area (Å²) in [5, 5.41) is 0. The van der Waals surface area contributed by atoms with Crippen LogP contribution in [0, 0.1) is 11.2 Å². The SMILES string of the molecule is Fc1ccc(C2CC23CCN(Cc2ccccc2)C3)c(C(F)(F)F)c1. The first-order valence-corrected chi connectivity index (χ1v) is 8.50. The van der Waals surface area contributed by atoms with Gasteiger partial charge in [0.1, 0.15) is 5.82 Å². The molecule has 1 spiro atoms. The maximum absolute atomic E-state index is 13.3. The highest BCUT2D eigenvalue weighted by Crippen LogP contribution is 2.65. The van der Waals surface area contributed by atoms with Gasteiger partial charge in [0, 0.05) is 13.1 Å². The van der Waals surface area contributed by atoms with E-state index in [9.17, 15) is 17.6 Å². The van der Waals surface area contributed by atoms with E-state index in [0.717, 1.165) is 38.5 Å². The Kier molecular flexibility index (Phi) is 3.87. The Morgan fingerprint density at radius 3 is 2.56 bits per heavy atom. The molecule has 5 heteroatoms. The van der Waals surface area contributed by atoms with Crippen LogP contribution in [0.25, 0.3) is 0 Å². The lowest BCUT2D eigenvalue weighted by atomic mass is 9.94. The number of hydrogen-bond acceptors (Lipinski definition) is 1. The van der Waals surface area contributed by atoms with Crippen LogP contribution in [-0.2, 0) is 12.7 Å². The Hall–Kier alpha value is -1.88.